The van der Waals surface area contributed by atoms with Crippen LogP contribution in [0.25, 0.3) is 0 Å². The molecule has 2 aliphatic rings. The van der Waals surface area contributed by atoms with Crippen molar-refractivity contribution in [2.24, 2.45) is 0 Å². The minimum Gasteiger partial charge on any atom is -0.380 e. The summed E-state index contributed by atoms with van der Waals surface area (Å²) < 4.78 is 10.5. The molecule has 2 fully saturated rings. The van der Waals surface area contributed by atoms with Crippen LogP contribution in [0.1, 0.15) is 42.9 Å². The highest BCUT2D eigenvalue weighted by Crippen LogP contribution is 2.38. The molecule has 1 aromatic heterocycles. The van der Waals surface area contributed by atoms with Gasteiger partial charge in [-0.3, -0.25) is 0 Å². The topological polar surface area (TPSA) is 60.2 Å². The maximum atomic E-state index is 5.28. The third-order valence-electron chi connectivity index (χ3n) is 3.12. The first kappa shape index (κ1) is 9.30. The first-order valence-electron chi connectivity index (χ1n) is 5.46. The van der Waals surface area contributed by atoms with Crippen LogP contribution in [0.15, 0.2) is 4.52 Å². The second kappa shape index (κ2) is 3.57. The van der Waals surface area contributed by atoms with Crippen molar-refractivity contribution in [2.75, 3.05) is 13.7 Å². The Hall–Kier alpha value is -0.940. The van der Waals surface area contributed by atoms with Gasteiger partial charge in [-0.1, -0.05) is 5.16 Å². The molecule has 2 atom stereocenters. The molecule has 1 aliphatic carbocycles. The fraction of sp³-hybridized carbons (Fsp3) is 0.800. The fourth-order valence-electron chi connectivity index (χ4n) is 1.97. The van der Waals surface area contributed by atoms with Crippen molar-refractivity contribution in [3.05, 3.63) is 11.7 Å². The van der Waals surface area contributed by atoms with Crippen molar-refractivity contribution in [3.63, 3.8) is 0 Å². The summed E-state index contributed by atoms with van der Waals surface area (Å²) in [4.78, 5) is 4.43. The molecule has 5 nitrogen and oxygen atoms in total. The Bertz CT molecular complexity index is 348. The maximum Gasteiger partial charge on any atom is 0.243 e. The molecule has 5 heteroatoms. The molecule has 0 bridgehead atoms. The zero-order chi connectivity index (χ0) is 10.3. The number of hydrogen-bond donors (Lipinski definition) is 1. The van der Waals surface area contributed by atoms with Crippen LogP contribution in [0.5, 0.6) is 0 Å². The van der Waals surface area contributed by atoms with E-state index in [-0.39, 0.29) is 12.1 Å². The fourth-order valence-corrected chi connectivity index (χ4v) is 1.97. The van der Waals surface area contributed by atoms with Crippen LogP contribution in [0.4, 0.5) is 0 Å². The summed E-state index contributed by atoms with van der Waals surface area (Å²) >= 11 is 0. The van der Waals surface area contributed by atoms with E-state index in [9.17, 15) is 0 Å². The van der Waals surface area contributed by atoms with E-state index in [1.165, 1.54) is 12.8 Å². The molecular formula is C10H15N3O2. The van der Waals surface area contributed by atoms with Gasteiger partial charge in [0.15, 0.2) is 5.82 Å². The Labute approximate surface area is 88.2 Å². The molecule has 0 unspecified atom stereocenters. The van der Waals surface area contributed by atoms with Crippen LogP contribution < -0.4 is 5.32 Å². The van der Waals surface area contributed by atoms with E-state index in [2.05, 4.69) is 15.5 Å². The van der Waals surface area contributed by atoms with Gasteiger partial charge in [0.1, 0.15) is 0 Å². The Morgan fingerprint density at radius 1 is 1.47 bits per heavy atom. The lowest BCUT2D eigenvalue weighted by Gasteiger charge is -2.04. The molecule has 1 aromatic rings. The van der Waals surface area contributed by atoms with Gasteiger partial charge in [-0.25, -0.2) is 0 Å². The van der Waals surface area contributed by atoms with Gasteiger partial charge < -0.3 is 14.6 Å². The average molecular weight is 209 g/mol. The zero-order valence-electron chi connectivity index (χ0n) is 8.77. The third kappa shape index (κ3) is 1.77. The van der Waals surface area contributed by atoms with Crippen molar-refractivity contribution < 1.29 is 9.26 Å². The number of hydrogen-bond acceptors (Lipinski definition) is 5. The van der Waals surface area contributed by atoms with Crippen LogP contribution in [-0.2, 0) is 4.74 Å². The Morgan fingerprint density at radius 2 is 2.33 bits per heavy atom. The molecule has 1 aliphatic heterocycles. The average Bonchev–Trinajstić information content (AvgIpc) is 2.84. The van der Waals surface area contributed by atoms with E-state index < -0.39 is 0 Å². The molecule has 0 spiro atoms. The molecule has 3 rings (SSSR count). The summed E-state index contributed by atoms with van der Waals surface area (Å²) in [5, 5.41) is 7.33. The molecule has 0 radical (unpaired) electrons. The van der Waals surface area contributed by atoms with Crippen LogP contribution in [0.2, 0.25) is 0 Å². The number of methoxy groups -OCH3 is 1. The van der Waals surface area contributed by atoms with E-state index in [1.54, 1.807) is 7.11 Å². The second-order valence-electron chi connectivity index (χ2n) is 4.32. The van der Waals surface area contributed by atoms with Crippen molar-refractivity contribution >= 4 is 0 Å². The number of nitrogens with one attached hydrogen (secondary N) is 1. The lowest BCUT2D eigenvalue weighted by Crippen LogP contribution is -2.16. The summed E-state index contributed by atoms with van der Waals surface area (Å²) in [6.07, 6.45) is 3.60. The number of ether oxygens (including phenoxy) is 1. The second-order valence-corrected chi connectivity index (χ2v) is 4.32. The third-order valence-corrected chi connectivity index (χ3v) is 3.12. The van der Waals surface area contributed by atoms with Gasteiger partial charge >= 0.3 is 0 Å². The molecule has 1 saturated heterocycles. The van der Waals surface area contributed by atoms with Gasteiger partial charge in [0.05, 0.1) is 12.1 Å². The maximum absolute atomic E-state index is 5.28. The molecular weight excluding hydrogens is 194 g/mol. The van der Waals surface area contributed by atoms with Gasteiger partial charge in [-0.2, -0.15) is 4.98 Å². The molecule has 1 saturated carbocycles. The lowest BCUT2D eigenvalue weighted by molar-refractivity contribution is 0.116. The van der Waals surface area contributed by atoms with Crippen LogP contribution in [-0.4, -0.2) is 29.9 Å². The highest BCUT2D eigenvalue weighted by atomic mass is 16.5. The molecule has 0 aromatic carbocycles. The predicted octanol–water partition coefficient (Wildman–Crippen LogP) is 0.996. The minimum absolute atomic E-state index is 0.176. The van der Waals surface area contributed by atoms with Gasteiger partial charge in [-0.15, -0.1) is 0 Å². The first-order chi connectivity index (χ1) is 7.36. The first-order valence-corrected chi connectivity index (χ1v) is 5.46. The van der Waals surface area contributed by atoms with Crippen molar-refractivity contribution in [1.29, 1.82) is 0 Å². The Balaban J connectivity index is 1.70. The summed E-state index contributed by atoms with van der Waals surface area (Å²) in [5.74, 6) is 2.16. The van der Waals surface area contributed by atoms with E-state index >= 15 is 0 Å². The smallest absolute Gasteiger partial charge is 0.243 e. The molecule has 2 heterocycles. The van der Waals surface area contributed by atoms with Crippen LogP contribution in [0.3, 0.4) is 0 Å². The van der Waals surface area contributed by atoms with Gasteiger partial charge in [0, 0.05) is 19.6 Å². The van der Waals surface area contributed by atoms with Crippen LogP contribution in [0, 0.1) is 0 Å². The highest BCUT2D eigenvalue weighted by molar-refractivity contribution is 5.06. The number of nitrogens with zero attached hydrogens (tertiary/aromatic N) is 2. The van der Waals surface area contributed by atoms with Crippen molar-refractivity contribution in [2.45, 2.75) is 37.3 Å². The zero-order valence-corrected chi connectivity index (χ0v) is 8.77. The molecule has 82 valence electrons. The minimum atomic E-state index is 0.176. The van der Waals surface area contributed by atoms with E-state index in [0.29, 0.717) is 5.92 Å². The lowest BCUT2D eigenvalue weighted by atomic mass is 10.2. The van der Waals surface area contributed by atoms with E-state index in [1.807, 2.05) is 0 Å². The Morgan fingerprint density at radius 3 is 3.00 bits per heavy atom. The van der Waals surface area contributed by atoms with Gasteiger partial charge in [0.25, 0.3) is 0 Å². The quantitative estimate of drug-likeness (QED) is 0.804. The monoisotopic (exact) mass is 209 g/mol. The normalized spacial score (nSPS) is 31.0. The van der Waals surface area contributed by atoms with Gasteiger partial charge in [0.2, 0.25) is 5.89 Å². The highest BCUT2D eigenvalue weighted by Gasteiger charge is 2.33. The van der Waals surface area contributed by atoms with Crippen LogP contribution >= 0.6 is 0 Å². The largest absolute Gasteiger partial charge is 0.380 e. The van der Waals surface area contributed by atoms with Gasteiger partial charge in [-0.05, 0) is 19.3 Å². The molecule has 15 heavy (non-hydrogen) atoms. The summed E-state index contributed by atoms with van der Waals surface area (Å²) in [5.41, 5.74) is 0. The predicted molar refractivity (Wildman–Crippen MR) is 52.4 cm³/mol. The van der Waals surface area contributed by atoms with E-state index in [0.717, 1.165) is 24.7 Å². The SMILES string of the molecule is CO[C@H]1CN[C@H](c2nc(C3CC3)no2)C1. The Kier molecular flexibility index (Phi) is 2.21. The van der Waals surface area contributed by atoms with Crippen molar-refractivity contribution in [3.8, 4) is 0 Å². The standard InChI is InChI=1S/C10H15N3O2/c1-14-7-4-8(11-5-7)10-12-9(13-15-10)6-2-3-6/h6-8,11H,2-5H2,1H3/t7-,8+/m1/s1. The summed E-state index contributed by atoms with van der Waals surface area (Å²) in [6, 6.07) is 0.176. The number of rotatable bonds is 3. The molecule has 0 amide bonds. The molecule has 1 N–H and O–H groups in total. The summed E-state index contributed by atoms with van der Waals surface area (Å²) in [6.45, 7) is 0.863. The number of aromatic nitrogens is 2. The summed E-state index contributed by atoms with van der Waals surface area (Å²) in [7, 11) is 1.73. The van der Waals surface area contributed by atoms with E-state index in [4.69, 9.17) is 9.26 Å². The van der Waals surface area contributed by atoms with Crippen molar-refractivity contribution in [1.82, 2.24) is 15.5 Å².